The standard InChI is InChI=1S/C14H12N2O6.C14H14N2O4.C9H7N3O4.C5H5NO2.H2/c1-15-11(17)9-10(12(15)18)14(9,13(19)22-2)7-4-3-5-8(6-7)16(20)21;1-16-11(17)9-10(12(16)18)14(9,13(19)20-2)7-4-3-5-8(15)6-7;1-16-9(13)8(11-10)6-3-2-4-7(5-6)12(14)15;1-6-4(7)2-3-5(6)8;/h3-6,9-10H,1-2H3;3-6,9-10H,15H2,1-2H3;2-5H,1H3;2-3H,1H3;1H/t2*9-,10+,14?;;;/i;;;;1+1. The van der Waals surface area contributed by atoms with E-state index in [-0.39, 0.29) is 53.3 Å². The van der Waals surface area contributed by atoms with Crippen LogP contribution in [0.1, 0.15) is 18.1 Å². The fourth-order valence-electron chi connectivity index (χ4n) is 8.20. The number of rotatable bonds is 8. The number of hydrogen-bond donors (Lipinski definition) is 1. The number of ether oxygens (including phenoxy) is 3. The monoisotopic (exact) mass is 913 g/mol. The number of nitrogens with zero attached hydrogens (tertiary/aromatic N) is 7. The largest absolute Gasteiger partial charge is 0.468 e. The topological polar surface area (TPSA) is 340 Å². The normalized spacial score (nSPS) is 23.6. The number of anilines is 1. The van der Waals surface area contributed by atoms with E-state index < -0.39 is 74.1 Å². The van der Waals surface area contributed by atoms with E-state index in [1.165, 1.54) is 82.9 Å². The lowest BCUT2D eigenvalue weighted by atomic mass is 9.89. The van der Waals surface area contributed by atoms with Crippen molar-refractivity contribution in [1.82, 2.24) is 14.7 Å². The first kappa shape index (κ1) is 48.2. The van der Waals surface area contributed by atoms with Gasteiger partial charge in [0.15, 0.2) is 0 Å². The molecule has 2 N–H and O–H groups in total. The summed E-state index contributed by atoms with van der Waals surface area (Å²) in [6.45, 7) is 0. The van der Waals surface area contributed by atoms with Gasteiger partial charge in [0.1, 0.15) is 10.8 Å². The molecule has 3 heterocycles. The number of imide groups is 3. The van der Waals surface area contributed by atoms with Crippen molar-refractivity contribution in [3.8, 4) is 0 Å². The smallest absolute Gasteiger partial charge is 0.422 e. The summed E-state index contributed by atoms with van der Waals surface area (Å²) in [4.78, 5) is 131. The maximum Gasteiger partial charge on any atom is 0.422 e. The number of carbonyl (C=O) groups excluding carboxylic acids is 9. The van der Waals surface area contributed by atoms with Crippen molar-refractivity contribution in [3.63, 3.8) is 0 Å². The van der Waals surface area contributed by atoms with E-state index in [9.17, 15) is 63.4 Å². The zero-order chi connectivity index (χ0) is 49.2. The molecule has 6 atom stereocenters. The van der Waals surface area contributed by atoms with E-state index >= 15 is 0 Å². The highest BCUT2D eigenvalue weighted by molar-refractivity contribution is 6.40. The molecule has 2 saturated carbocycles. The number of fused-ring (bicyclic) bond motifs is 2. The Labute approximate surface area is 373 Å². The van der Waals surface area contributed by atoms with Crippen molar-refractivity contribution in [2.75, 3.05) is 48.2 Å². The molecule has 3 aliphatic heterocycles. The molecule has 5 aliphatic rings. The van der Waals surface area contributed by atoms with Crippen LogP contribution in [0.25, 0.3) is 5.53 Å². The molecule has 8 rings (SSSR count). The second kappa shape index (κ2) is 18.5. The molecule has 3 aromatic rings. The quantitative estimate of drug-likeness (QED) is 0.0375. The van der Waals surface area contributed by atoms with Crippen LogP contribution < -0.4 is 5.73 Å². The van der Waals surface area contributed by atoms with Gasteiger partial charge in [0, 0.05) is 64.7 Å². The average molecular weight is 914 g/mol. The first-order valence-corrected chi connectivity index (χ1v) is 19.1. The first-order chi connectivity index (χ1) is 31.1. The van der Waals surface area contributed by atoms with Gasteiger partial charge in [-0.3, -0.25) is 73.3 Å². The van der Waals surface area contributed by atoms with Crippen LogP contribution in [-0.4, -0.2) is 131 Å². The number of benzene rings is 3. The van der Waals surface area contributed by atoms with Crippen molar-refractivity contribution in [1.29, 1.82) is 0 Å². The van der Waals surface area contributed by atoms with Crippen LogP contribution in [0.5, 0.6) is 0 Å². The highest BCUT2D eigenvalue weighted by atomic mass is 16.6. The Morgan fingerprint density at radius 2 is 1.03 bits per heavy atom. The van der Waals surface area contributed by atoms with Gasteiger partial charge >= 0.3 is 23.6 Å². The predicted octanol–water partition coefficient (Wildman–Crippen LogP) is 0.748. The molecule has 6 amide bonds. The van der Waals surface area contributed by atoms with Crippen molar-refractivity contribution in [2.45, 2.75) is 10.8 Å². The molecule has 24 heteroatoms. The van der Waals surface area contributed by atoms with Crippen molar-refractivity contribution in [3.05, 3.63) is 127 Å². The number of nitrogen functional groups attached to an aromatic ring is 1. The summed E-state index contributed by atoms with van der Waals surface area (Å²) in [5.41, 5.74) is 12.3. The SMILES string of the molecule is CN1C(=O)C=CC1=O.COC(=O)C(=[N+]=[N-])c1cccc([N+](=O)[O-])c1.COC(=O)C1(c2cccc(N)c2)[C@@H]2C(=O)N(C)C(=O)[C@@H]21.COC(=O)C1(c2cccc([N+](=O)[O-])c2)[C@@H]2C(=O)N(C)C(=O)[C@@H]21.[2HH]. The Hall–Kier alpha value is -8.79. The molecule has 0 bridgehead atoms. The van der Waals surface area contributed by atoms with Gasteiger partial charge < -0.3 is 25.5 Å². The van der Waals surface area contributed by atoms with Crippen molar-refractivity contribution in [2.24, 2.45) is 23.7 Å². The molecule has 0 radical (unpaired) electrons. The number of non-ortho nitro benzene ring substituents is 2. The van der Waals surface area contributed by atoms with Crippen molar-refractivity contribution >= 4 is 76.1 Å². The number of carbonyl (C=O) groups is 9. The zero-order valence-electron chi connectivity index (χ0n) is 35.6. The molecule has 2 unspecified atom stereocenters. The average Bonchev–Trinajstić information content (AvgIpc) is 4.14. The molecule has 0 spiro atoms. The van der Waals surface area contributed by atoms with Crippen LogP contribution in [-0.2, 0) is 68.2 Å². The van der Waals surface area contributed by atoms with Crippen LogP contribution in [0.3, 0.4) is 0 Å². The van der Waals surface area contributed by atoms with Crippen LogP contribution in [0.2, 0.25) is 0 Å². The Bertz CT molecular complexity index is 2670. The molecular formula is C42H40N8O16. The Morgan fingerprint density at radius 1 is 0.636 bits per heavy atom. The number of esters is 3. The molecule has 0 aromatic heterocycles. The van der Waals surface area contributed by atoms with Crippen LogP contribution >= 0.6 is 0 Å². The number of amides is 6. The summed E-state index contributed by atoms with van der Waals surface area (Å²) in [5.74, 6) is -7.29. The number of methoxy groups -OCH3 is 3. The third-order valence-corrected chi connectivity index (χ3v) is 11.6. The third kappa shape index (κ3) is 8.02. The minimum atomic E-state index is -1.44. The van der Waals surface area contributed by atoms with Gasteiger partial charge in [-0.1, -0.05) is 30.3 Å². The summed E-state index contributed by atoms with van der Waals surface area (Å²) in [6.07, 6.45) is 2.50. The second-order valence-corrected chi connectivity index (χ2v) is 14.9. The van der Waals surface area contributed by atoms with E-state index in [1.807, 2.05) is 0 Å². The summed E-state index contributed by atoms with van der Waals surface area (Å²) < 4.78 is 14.0. The van der Waals surface area contributed by atoms with Gasteiger partial charge in [-0.05, 0) is 29.3 Å². The summed E-state index contributed by atoms with van der Waals surface area (Å²) >= 11 is 0. The van der Waals surface area contributed by atoms with Gasteiger partial charge in [0.05, 0.1) is 60.4 Å². The molecule has 344 valence electrons. The number of likely N-dealkylation sites (N-methyl/N-ethyl adjacent to an activating group) is 1. The minimum absolute atomic E-state index is 0. The Balaban J connectivity index is 0.000000203. The fraction of sp³-hybridized carbons (Fsp3) is 0.286. The second-order valence-electron chi connectivity index (χ2n) is 14.9. The minimum Gasteiger partial charge on any atom is -0.468 e. The van der Waals surface area contributed by atoms with Gasteiger partial charge in [-0.15, -0.1) is 0 Å². The highest BCUT2D eigenvalue weighted by Gasteiger charge is 2.83. The van der Waals surface area contributed by atoms with Crippen molar-refractivity contribution < 1.29 is 73.4 Å². The number of nitrogens with two attached hydrogens (primary N) is 1. The fourth-order valence-corrected chi connectivity index (χ4v) is 8.20. The first-order valence-electron chi connectivity index (χ1n) is 19.1. The number of nitro benzene ring substituents is 2. The van der Waals surface area contributed by atoms with Gasteiger partial charge in [-0.2, -0.15) is 4.79 Å². The summed E-state index contributed by atoms with van der Waals surface area (Å²) in [6, 6.07) is 17.3. The lowest BCUT2D eigenvalue weighted by Gasteiger charge is -2.21. The molecule has 2 saturated heterocycles. The maximum atomic E-state index is 12.3. The summed E-state index contributed by atoms with van der Waals surface area (Å²) in [5, 5.41) is 21.4. The molecular weight excluding hydrogens is 873 g/mol. The number of nitro groups is 2. The number of likely N-dealkylation sites (tertiary alicyclic amines) is 2. The summed E-state index contributed by atoms with van der Waals surface area (Å²) in [7, 11) is 7.76. The lowest BCUT2D eigenvalue weighted by Crippen LogP contribution is -2.40. The van der Waals surface area contributed by atoms with Crippen LogP contribution in [0.4, 0.5) is 17.1 Å². The van der Waals surface area contributed by atoms with E-state index in [0.717, 1.165) is 35.0 Å². The van der Waals surface area contributed by atoms with Crippen LogP contribution in [0.15, 0.2) is 84.9 Å². The lowest BCUT2D eigenvalue weighted by molar-refractivity contribution is -0.385. The molecule has 2 aliphatic carbocycles. The van der Waals surface area contributed by atoms with Gasteiger partial charge in [-0.25, -0.2) is 4.79 Å². The van der Waals surface area contributed by atoms with Gasteiger partial charge in [0.25, 0.3) is 23.2 Å². The van der Waals surface area contributed by atoms with Crippen LogP contribution in [0, 0.1) is 43.9 Å². The molecule has 4 fully saturated rings. The molecule has 24 nitrogen and oxygen atoms in total. The Morgan fingerprint density at radius 3 is 1.38 bits per heavy atom. The number of hydrogen-bond acceptors (Lipinski definition) is 17. The number of piperidine rings is 2. The third-order valence-electron chi connectivity index (χ3n) is 11.6. The molecule has 66 heavy (non-hydrogen) atoms. The van der Waals surface area contributed by atoms with E-state index in [0.29, 0.717) is 11.3 Å². The maximum absolute atomic E-state index is 12.3. The van der Waals surface area contributed by atoms with E-state index in [4.69, 9.17) is 20.7 Å². The predicted molar refractivity (Wildman–Crippen MR) is 223 cm³/mol. The zero-order valence-corrected chi connectivity index (χ0v) is 35.6. The van der Waals surface area contributed by atoms with E-state index in [2.05, 4.69) is 9.53 Å². The highest BCUT2D eigenvalue weighted by Crippen LogP contribution is 2.66. The molecule has 3 aromatic carbocycles. The van der Waals surface area contributed by atoms with E-state index in [1.54, 1.807) is 24.3 Å². The Kier molecular flexibility index (Phi) is 13.5. The van der Waals surface area contributed by atoms with Gasteiger partial charge in [0.2, 0.25) is 23.6 Å².